The molecule has 0 saturated carbocycles. The summed E-state index contributed by atoms with van der Waals surface area (Å²) >= 11 is 5.96. The second-order valence-electron chi connectivity index (χ2n) is 5.54. The summed E-state index contributed by atoms with van der Waals surface area (Å²) in [6.07, 6.45) is 4.62. The number of nitrogens with one attached hydrogen (secondary N) is 1. The average Bonchev–Trinajstić information content (AvgIpc) is 3.07. The Balaban J connectivity index is 1.87. The molecular formula is C17H14ClN7O. The summed E-state index contributed by atoms with van der Waals surface area (Å²) in [5, 5.41) is 16.4. The first-order chi connectivity index (χ1) is 12.5. The molecule has 130 valence electrons. The van der Waals surface area contributed by atoms with Crippen LogP contribution in [-0.4, -0.2) is 30.6 Å². The first-order valence-corrected chi connectivity index (χ1v) is 8.07. The Bertz CT molecular complexity index is 1010. The summed E-state index contributed by atoms with van der Waals surface area (Å²) in [5.74, 6) is 0.703. The van der Waals surface area contributed by atoms with Crippen molar-refractivity contribution in [3.8, 4) is 11.9 Å². The van der Waals surface area contributed by atoms with Crippen LogP contribution >= 0.6 is 11.6 Å². The monoisotopic (exact) mass is 367 g/mol. The van der Waals surface area contributed by atoms with Gasteiger partial charge < -0.3 is 5.32 Å². The van der Waals surface area contributed by atoms with Crippen LogP contribution in [0.1, 0.15) is 40.4 Å². The van der Waals surface area contributed by atoms with Gasteiger partial charge in [-0.3, -0.25) is 9.78 Å². The number of halogens is 1. The van der Waals surface area contributed by atoms with Crippen molar-refractivity contribution in [1.82, 2.24) is 30.0 Å². The third-order valence-electron chi connectivity index (χ3n) is 3.58. The van der Waals surface area contributed by atoms with Gasteiger partial charge in [-0.25, -0.2) is 14.6 Å². The maximum Gasteiger partial charge on any atom is 0.251 e. The number of carbonyl (C=O) groups excluding carboxylic acids is 1. The van der Waals surface area contributed by atoms with Crippen molar-refractivity contribution in [2.45, 2.75) is 19.9 Å². The molecule has 1 amide bonds. The molecule has 0 aliphatic carbocycles. The molecule has 0 bridgehead atoms. The predicted octanol–water partition coefficient (Wildman–Crippen LogP) is 2.38. The van der Waals surface area contributed by atoms with Gasteiger partial charge in [-0.05, 0) is 32.0 Å². The maximum atomic E-state index is 12.5. The standard InChI is InChI=1S/C17H14ClN7O/c1-10(23-17(26)13-5-12(8-19)6-14(18)7-13)15-16(21-4-3-20-15)25-9-22-11(2)24-25/h3-7,9-10H,1-2H3,(H,23,26). The lowest BCUT2D eigenvalue weighted by molar-refractivity contribution is 0.0939. The molecule has 2 heterocycles. The lowest BCUT2D eigenvalue weighted by atomic mass is 10.1. The third kappa shape index (κ3) is 3.68. The van der Waals surface area contributed by atoms with Crippen LogP contribution in [-0.2, 0) is 0 Å². The summed E-state index contributed by atoms with van der Waals surface area (Å²) in [6, 6.07) is 5.99. The van der Waals surface area contributed by atoms with Crippen molar-refractivity contribution in [2.24, 2.45) is 0 Å². The average molecular weight is 368 g/mol. The summed E-state index contributed by atoms with van der Waals surface area (Å²) in [7, 11) is 0. The molecule has 2 aromatic heterocycles. The van der Waals surface area contributed by atoms with Crippen molar-refractivity contribution >= 4 is 17.5 Å². The van der Waals surface area contributed by atoms with Gasteiger partial charge in [-0.1, -0.05) is 11.6 Å². The highest BCUT2D eigenvalue weighted by Gasteiger charge is 2.19. The molecule has 0 fully saturated rings. The van der Waals surface area contributed by atoms with Crippen molar-refractivity contribution in [3.05, 3.63) is 64.6 Å². The second kappa shape index (κ2) is 7.29. The van der Waals surface area contributed by atoms with E-state index >= 15 is 0 Å². The summed E-state index contributed by atoms with van der Waals surface area (Å²) in [6.45, 7) is 3.55. The lowest BCUT2D eigenvalue weighted by Crippen LogP contribution is -2.28. The molecule has 8 nitrogen and oxygen atoms in total. The minimum absolute atomic E-state index is 0.294. The van der Waals surface area contributed by atoms with Gasteiger partial charge >= 0.3 is 0 Å². The summed E-state index contributed by atoms with van der Waals surface area (Å²) in [4.78, 5) is 25.2. The number of nitrogens with zero attached hydrogens (tertiary/aromatic N) is 6. The number of hydrogen-bond acceptors (Lipinski definition) is 6. The van der Waals surface area contributed by atoms with Crippen molar-refractivity contribution < 1.29 is 4.79 Å². The molecule has 1 aromatic carbocycles. The van der Waals surface area contributed by atoms with Crippen LogP contribution < -0.4 is 5.32 Å². The molecule has 0 radical (unpaired) electrons. The van der Waals surface area contributed by atoms with E-state index in [1.54, 1.807) is 26.2 Å². The van der Waals surface area contributed by atoms with E-state index in [2.05, 4.69) is 25.4 Å². The molecule has 0 aliphatic rings. The second-order valence-corrected chi connectivity index (χ2v) is 5.97. The van der Waals surface area contributed by atoms with Gasteiger partial charge in [0.15, 0.2) is 5.82 Å². The molecule has 1 unspecified atom stereocenters. The van der Waals surface area contributed by atoms with Gasteiger partial charge in [0, 0.05) is 23.0 Å². The van der Waals surface area contributed by atoms with E-state index in [-0.39, 0.29) is 5.91 Å². The van der Waals surface area contributed by atoms with Gasteiger partial charge in [0.05, 0.1) is 17.7 Å². The number of hydrogen-bond donors (Lipinski definition) is 1. The highest BCUT2D eigenvalue weighted by Crippen LogP contribution is 2.19. The van der Waals surface area contributed by atoms with E-state index in [1.165, 1.54) is 29.2 Å². The minimum Gasteiger partial charge on any atom is -0.344 e. The Kier molecular flexibility index (Phi) is 4.91. The Labute approximate surface area is 154 Å². The lowest BCUT2D eigenvalue weighted by Gasteiger charge is -2.16. The Hall–Kier alpha value is -3.31. The molecule has 0 spiro atoms. The predicted molar refractivity (Wildman–Crippen MR) is 93.7 cm³/mol. The van der Waals surface area contributed by atoms with Gasteiger partial charge in [-0.2, -0.15) is 10.4 Å². The van der Waals surface area contributed by atoms with Crippen LogP contribution in [0.3, 0.4) is 0 Å². The number of amides is 1. The number of nitriles is 1. The first kappa shape index (κ1) is 17.5. The van der Waals surface area contributed by atoms with Crippen LogP contribution in [0, 0.1) is 18.3 Å². The molecule has 1 atom stereocenters. The molecule has 3 rings (SSSR count). The van der Waals surface area contributed by atoms with E-state index in [9.17, 15) is 4.79 Å². The van der Waals surface area contributed by atoms with E-state index in [0.29, 0.717) is 33.5 Å². The van der Waals surface area contributed by atoms with E-state index in [0.717, 1.165) is 0 Å². The number of aromatic nitrogens is 5. The van der Waals surface area contributed by atoms with Crippen molar-refractivity contribution in [2.75, 3.05) is 0 Å². The van der Waals surface area contributed by atoms with Crippen LogP contribution in [0.5, 0.6) is 0 Å². The van der Waals surface area contributed by atoms with Gasteiger partial charge in [0.25, 0.3) is 5.91 Å². The fraction of sp³-hybridized carbons (Fsp3) is 0.176. The van der Waals surface area contributed by atoms with Crippen molar-refractivity contribution in [3.63, 3.8) is 0 Å². The molecule has 9 heteroatoms. The van der Waals surface area contributed by atoms with Crippen LogP contribution in [0.4, 0.5) is 0 Å². The number of aryl methyl sites for hydroxylation is 1. The topological polar surface area (TPSA) is 109 Å². The quantitative estimate of drug-likeness (QED) is 0.758. The number of rotatable bonds is 4. The molecule has 3 aromatic rings. The Morgan fingerprint density at radius 1 is 1.27 bits per heavy atom. The van der Waals surface area contributed by atoms with Gasteiger partial charge in [0.1, 0.15) is 17.8 Å². The number of benzene rings is 1. The molecule has 1 N–H and O–H groups in total. The maximum absolute atomic E-state index is 12.5. The highest BCUT2D eigenvalue weighted by molar-refractivity contribution is 6.31. The largest absolute Gasteiger partial charge is 0.344 e. The van der Waals surface area contributed by atoms with Crippen LogP contribution in [0.2, 0.25) is 5.02 Å². The van der Waals surface area contributed by atoms with Gasteiger partial charge in [-0.15, -0.1) is 0 Å². The Morgan fingerprint density at radius 3 is 2.73 bits per heavy atom. The Morgan fingerprint density at radius 2 is 2.04 bits per heavy atom. The zero-order valence-electron chi connectivity index (χ0n) is 14.0. The van der Waals surface area contributed by atoms with Gasteiger partial charge in [0.2, 0.25) is 0 Å². The van der Waals surface area contributed by atoms with Crippen LogP contribution in [0.25, 0.3) is 5.82 Å². The normalized spacial score (nSPS) is 11.6. The summed E-state index contributed by atoms with van der Waals surface area (Å²) < 4.78 is 1.51. The molecule has 0 saturated heterocycles. The molecule has 26 heavy (non-hydrogen) atoms. The van der Waals surface area contributed by atoms with Crippen molar-refractivity contribution in [1.29, 1.82) is 5.26 Å². The van der Waals surface area contributed by atoms with E-state index < -0.39 is 6.04 Å². The zero-order valence-corrected chi connectivity index (χ0v) is 14.8. The fourth-order valence-electron chi connectivity index (χ4n) is 2.40. The minimum atomic E-state index is -0.458. The smallest absolute Gasteiger partial charge is 0.251 e. The number of carbonyl (C=O) groups is 1. The third-order valence-corrected chi connectivity index (χ3v) is 3.79. The first-order valence-electron chi connectivity index (χ1n) is 7.69. The zero-order chi connectivity index (χ0) is 18.7. The molecule has 0 aliphatic heterocycles. The highest BCUT2D eigenvalue weighted by atomic mass is 35.5. The fourth-order valence-corrected chi connectivity index (χ4v) is 2.64. The van der Waals surface area contributed by atoms with Crippen LogP contribution in [0.15, 0.2) is 36.9 Å². The van der Waals surface area contributed by atoms with E-state index in [4.69, 9.17) is 16.9 Å². The molecular weight excluding hydrogens is 354 g/mol. The van der Waals surface area contributed by atoms with E-state index in [1.807, 2.05) is 6.07 Å². The summed E-state index contributed by atoms with van der Waals surface area (Å²) in [5.41, 5.74) is 1.14. The SMILES string of the molecule is Cc1ncn(-c2nccnc2C(C)NC(=O)c2cc(Cl)cc(C#N)c2)n1.